The first kappa shape index (κ1) is 17.4. The Morgan fingerprint density at radius 1 is 1.50 bits per heavy atom. The first-order chi connectivity index (χ1) is 12.6. The quantitative estimate of drug-likeness (QED) is 0.802. The number of thioether (sulfide) groups is 1. The van der Waals surface area contributed by atoms with Gasteiger partial charge in [0.15, 0.2) is 0 Å². The van der Waals surface area contributed by atoms with Gasteiger partial charge in [-0.3, -0.25) is 9.78 Å². The molecule has 6 nitrogen and oxygen atoms in total. The highest BCUT2D eigenvalue weighted by Gasteiger charge is 2.52. The van der Waals surface area contributed by atoms with Crippen LogP contribution in [0.5, 0.6) is 5.75 Å². The van der Waals surface area contributed by atoms with Gasteiger partial charge in [-0.2, -0.15) is 0 Å². The molecule has 4 heterocycles. The predicted octanol–water partition coefficient (Wildman–Crippen LogP) is 3.11. The van der Waals surface area contributed by atoms with Crippen molar-refractivity contribution in [2.24, 2.45) is 0 Å². The average Bonchev–Trinajstić information content (AvgIpc) is 3.19. The van der Waals surface area contributed by atoms with E-state index in [0.717, 1.165) is 43.9 Å². The third-order valence-electron chi connectivity index (χ3n) is 4.98. The molecule has 2 aliphatic heterocycles. The van der Waals surface area contributed by atoms with Gasteiger partial charge >= 0.3 is 0 Å². The normalized spacial score (nSPS) is 21.0. The molecule has 7 heteroatoms. The fourth-order valence-electron chi connectivity index (χ4n) is 3.75. The minimum Gasteiger partial charge on any atom is -0.488 e. The van der Waals surface area contributed by atoms with Crippen molar-refractivity contribution in [2.45, 2.75) is 44.0 Å². The molecule has 0 aliphatic carbocycles. The van der Waals surface area contributed by atoms with Crippen LogP contribution in [0.3, 0.4) is 0 Å². The summed E-state index contributed by atoms with van der Waals surface area (Å²) >= 11 is 1.92. The zero-order valence-electron chi connectivity index (χ0n) is 15.1. The smallest absolute Gasteiger partial charge is 0.259 e. The van der Waals surface area contributed by atoms with E-state index in [0.29, 0.717) is 17.0 Å². The van der Waals surface area contributed by atoms with Gasteiger partial charge in [-0.15, -0.1) is 11.8 Å². The summed E-state index contributed by atoms with van der Waals surface area (Å²) in [6.07, 6.45) is 6.30. The van der Waals surface area contributed by atoms with Gasteiger partial charge in [-0.25, -0.2) is 0 Å². The van der Waals surface area contributed by atoms with E-state index in [9.17, 15) is 4.79 Å². The maximum atomic E-state index is 12.9. The molecule has 1 amide bonds. The highest BCUT2D eigenvalue weighted by atomic mass is 32.2. The molecule has 0 saturated carbocycles. The largest absolute Gasteiger partial charge is 0.488 e. The topological polar surface area (TPSA) is 68.5 Å². The SMILES string of the molecule is CCCc1onc(C)c1C(=O)N1CC2(C[C@@H](Oc3cccnc3)CS2)C1. The molecule has 0 bridgehead atoms. The monoisotopic (exact) mass is 373 g/mol. The van der Waals surface area contributed by atoms with Crippen molar-refractivity contribution in [1.29, 1.82) is 0 Å². The lowest BCUT2D eigenvalue weighted by Gasteiger charge is -2.47. The van der Waals surface area contributed by atoms with Gasteiger partial charge in [0, 0.05) is 37.9 Å². The molecule has 2 fully saturated rings. The number of hydrogen-bond donors (Lipinski definition) is 0. The number of hydrogen-bond acceptors (Lipinski definition) is 6. The summed E-state index contributed by atoms with van der Waals surface area (Å²) in [5.74, 6) is 2.53. The summed E-state index contributed by atoms with van der Waals surface area (Å²) in [4.78, 5) is 18.9. The number of pyridine rings is 1. The molecule has 2 aromatic heterocycles. The molecular formula is C19H23N3O3S. The van der Waals surface area contributed by atoms with E-state index in [1.807, 2.05) is 35.7 Å². The first-order valence-electron chi connectivity index (χ1n) is 9.05. The van der Waals surface area contributed by atoms with Crippen molar-refractivity contribution < 1.29 is 14.1 Å². The number of carbonyl (C=O) groups excluding carboxylic acids is 1. The predicted molar refractivity (Wildman–Crippen MR) is 99.6 cm³/mol. The van der Waals surface area contributed by atoms with E-state index >= 15 is 0 Å². The highest BCUT2D eigenvalue weighted by molar-refractivity contribution is 8.01. The van der Waals surface area contributed by atoms with Gasteiger partial charge in [0.1, 0.15) is 23.2 Å². The lowest BCUT2D eigenvalue weighted by molar-refractivity contribution is 0.0515. The molecule has 4 rings (SSSR count). The molecule has 2 saturated heterocycles. The molecule has 1 atom stereocenters. The molecule has 0 radical (unpaired) electrons. The molecule has 2 aromatic rings. The molecule has 0 unspecified atom stereocenters. The summed E-state index contributed by atoms with van der Waals surface area (Å²) < 4.78 is 11.5. The second-order valence-corrected chi connectivity index (χ2v) is 8.59. The summed E-state index contributed by atoms with van der Waals surface area (Å²) in [5, 5.41) is 3.99. The van der Waals surface area contributed by atoms with Crippen LogP contribution in [-0.4, -0.2) is 50.6 Å². The van der Waals surface area contributed by atoms with Gasteiger partial charge < -0.3 is 14.2 Å². The fourth-order valence-corrected chi connectivity index (χ4v) is 5.27. The van der Waals surface area contributed by atoms with Gasteiger partial charge in [0.05, 0.1) is 16.6 Å². The number of rotatable bonds is 5. The van der Waals surface area contributed by atoms with E-state index in [4.69, 9.17) is 9.26 Å². The number of ether oxygens (including phenoxy) is 1. The van der Waals surface area contributed by atoms with Crippen LogP contribution < -0.4 is 4.74 Å². The van der Waals surface area contributed by atoms with Crippen LogP contribution in [0.2, 0.25) is 0 Å². The number of aryl methyl sites for hydroxylation is 2. The van der Waals surface area contributed by atoms with E-state index < -0.39 is 0 Å². The van der Waals surface area contributed by atoms with Crippen LogP contribution >= 0.6 is 11.8 Å². The van der Waals surface area contributed by atoms with Crippen LogP contribution in [0.1, 0.15) is 41.6 Å². The zero-order chi connectivity index (χ0) is 18.1. The number of likely N-dealkylation sites (tertiary alicyclic amines) is 1. The first-order valence-corrected chi connectivity index (χ1v) is 10.0. The summed E-state index contributed by atoms with van der Waals surface area (Å²) in [6.45, 7) is 5.44. The van der Waals surface area contributed by atoms with Gasteiger partial charge in [0.2, 0.25) is 0 Å². The van der Waals surface area contributed by atoms with Crippen molar-refractivity contribution in [1.82, 2.24) is 15.0 Å². The zero-order valence-corrected chi connectivity index (χ0v) is 15.9. The minimum absolute atomic E-state index is 0.0510. The highest BCUT2D eigenvalue weighted by Crippen LogP contribution is 2.46. The number of carbonyl (C=O) groups is 1. The number of aromatic nitrogens is 2. The summed E-state index contributed by atoms with van der Waals surface area (Å²) in [6, 6.07) is 3.81. The maximum Gasteiger partial charge on any atom is 0.259 e. The Kier molecular flexibility index (Phi) is 4.65. The Morgan fingerprint density at radius 3 is 3.08 bits per heavy atom. The van der Waals surface area contributed by atoms with Crippen molar-refractivity contribution in [2.75, 3.05) is 18.8 Å². The Morgan fingerprint density at radius 2 is 2.35 bits per heavy atom. The average molecular weight is 373 g/mol. The number of nitrogens with zero attached hydrogens (tertiary/aromatic N) is 3. The fraction of sp³-hybridized carbons (Fsp3) is 0.526. The third-order valence-corrected chi connectivity index (χ3v) is 6.56. The third kappa shape index (κ3) is 3.20. The van der Waals surface area contributed by atoms with Gasteiger partial charge in [-0.1, -0.05) is 12.1 Å². The van der Waals surface area contributed by atoms with Crippen LogP contribution in [0.25, 0.3) is 0 Å². The van der Waals surface area contributed by atoms with Crippen LogP contribution in [0.15, 0.2) is 29.0 Å². The van der Waals surface area contributed by atoms with E-state index in [1.54, 1.807) is 12.4 Å². The molecule has 0 N–H and O–H groups in total. The maximum absolute atomic E-state index is 12.9. The second-order valence-electron chi connectivity index (χ2n) is 7.10. The van der Waals surface area contributed by atoms with Gasteiger partial charge in [-0.05, 0) is 25.5 Å². The Bertz CT molecular complexity index is 787. The van der Waals surface area contributed by atoms with Crippen molar-refractivity contribution in [3.63, 3.8) is 0 Å². The van der Waals surface area contributed by atoms with E-state index in [1.165, 1.54) is 0 Å². The molecule has 2 aliphatic rings. The Balaban J connectivity index is 1.37. The molecular weight excluding hydrogens is 350 g/mol. The van der Waals surface area contributed by atoms with E-state index in [-0.39, 0.29) is 16.8 Å². The Labute approximate surface area is 157 Å². The van der Waals surface area contributed by atoms with E-state index in [2.05, 4.69) is 17.1 Å². The van der Waals surface area contributed by atoms with Crippen LogP contribution in [-0.2, 0) is 6.42 Å². The molecule has 0 aromatic carbocycles. The molecule has 1 spiro atoms. The summed E-state index contributed by atoms with van der Waals surface area (Å²) in [7, 11) is 0. The molecule has 138 valence electrons. The number of amides is 1. The van der Waals surface area contributed by atoms with Crippen LogP contribution in [0.4, 0.5) is 0 Å². The second kappa shape index (κ2) is 6.95. The molecule has 26 heavy (non-hydrogen) atoms. The van der Waals surface area contributed by atoms with Crippen LogP contribution in [0, 0.1) is 6.92 Å². The van der Waals surface area contributed by atoms with Crippen molar-refractivity contribution in [3.05, 3.63) is 41.5 Å². The lowest BCUT2D eigenvalue weighted by atomic mass is 9.92. The van der Waals surface area contributed by atoms with Crippen molar-refractivity contribution >= 4 is 17.7 Å². The summed E-state index contributed by atoms with van der Waals surface area (Å²) in [5.41, 5.74) is 1.35. The Hall–Kier alpha value is -2.02. The van der Waals surface area contributed by atoms with Crippen molar-refractivity contribution in [3.8, 4) is 5.75 Å². The lowest BCUT2D eigenvalue weighted by Crippen LogP contribution is -2.61. The standard InChI is InChI=1S/C19H23N3O3S/c1-3-5-16-17(13(2)21-25-16)18(23)22-11-19(12-22)8-15(10-26-19)24-14-6-4-7-20-9-14/h4,6-7,9,15H,3,5,8,10-12H2,1-2H3/t15-/m1/s1. The van der Waals surface area contributed by atoms with Gasteiger partial charge in [0.25, 0.3) is 5.91 Å². The minimum atomic E-state index is 0.0510.